The average molecular weight is 380 g/mol. The van der Waals surface area contributed by atoms with Crippen molar-refractivity contribution in [3.05, 3.63) is 66.2 Å². The van der Waals surface area contributed by atoms with E-state index in [1.54, 1.807) is 0 Å². The Morgan fingerprint density at radius 1 is 0.893 bits per heavy atom. The maximum Gasteiger partial charge on any atom is 0.309 e. The van der Waals surface area contributed by atoms with Gasteiger partial charge in [0.1, 0.15) is 0 Å². The lowest BCUT2D eigenvalue weighted by molar-refractivity contribution is -0.139. The lowest BCUT2D eigenvalue weighted by Crippen LogP contribution is -2.49. The van der Waals surface area contributed by atoms with Gasteiger partial charge in [-0.2, -0.15) is 0 Å². The number of carbonyl (C=O) groups is 2. The van der Waals surface area contributed by atoms with Crippen molar-refractivity contribution < 1.29 is 9.59 Å². The van der Waals surface area contributed by atoms with E-state index in [4.69, 9.17) is 0 Å². The summed E-state index contributed by atoms with van der Waals surface area (Å²) in [6.07, 6.45) is 0. The Kier molecular flexibility index (Phi) is 7.03. The highest BCUT2D eigenvalue weighted by molar-refractivity contribution is 6.35. The second kappa shape index (κ2) is 9.90. The van der Waals surface area contributed by atoms with Crippen LogP contribution in [0.25, 0.3) is 0 Å². The first kappa shape index (κ1) is 19.9. The number of rotatable bonds is 6. The van der Waals surface area contributed by atoms with E-state index in [1.807, 2.05) is 43.3 Å². The summed E-state index contributed by atoms with van der Waals surface area (Å²) >= 11 is 0. The van der Waals surface area contributed by atoms with Crippen molar-refractivity contribution in [3.63, 3.8) is 0 Å². The summed E-state index contributed by atoms with van der Waals surface area (Å²) in [6.45, 7) is 6.91. The lowest BCUT2D eigenvalue weighted by Gasteiger charge is -2.36. The number of hydrogen-bond acceptors (Lipinski definition) is 4. The summed E-state index contributed by atoms with van der Waals surface area (Å²) in [5, 5.41) is 5.46. The number of amides is 2. The van der Waals surface area contributed by atoms with Crippen LogP contribution in [-0.2, 0) is 9.59 Å². The molecule has 0 aliphatic carbocycles. The van der Waals surface area contributed by atoms with Crippen LogP contribution in [0, 0.1) is 0 Å². The van der Waals surface area contributed by atoms with Gasteiger partial charge < -0.3 is 15.5 Å². The number of hydrogen-bond donors (Lipinski definition) is 2. The molecule has 0 aromatic heterocycles. The number of piperazine rings is 1. The summed E-state index contributed by atoms with van der Waals surface area (Å²) in [7, 11) is 0. The maximum atomic E-state index is 12.1. The van der Waals surface area contributed by atoms with Gasteiger partial charge in [0, 0.05) is 45.0 Å². The largest absolute Gasteiger partial charge is 0.369 e. The molecule has 0 radical (unpaired) electrons. The average Bonchev–Trinajstić information content (AvgIpc) is 2.75. The van der Waals surface area contributed by atoms with Crippen molar-refractivity contribution in [2.75, 3.05) is 44.2 Å². The van der Waals surface area contributed by atoms with Gasteiger partial charge >= 0.3 is 11.8 Å². The van der Waals surface area contributed by atoms with Crippen LogP contribution < -0.4 is 15.5 Å². The fourth-order valence-electron chi connectivity index (χ4n) is 3.36. The standard InChI is InChI=1S/C22H28N4O2/c1-18(19-8-4-2-5-9-19)24-22(28)21(27)23-12-13-25-14-16-26(17-15-25)20-10-6-3-7-11-20/h2-11,18H,12-17H2,1H3,(H,23,27)(H,24,28). The van der Waals surface area contributed by atoms with E-state index < -0.39 is 11.8 Å². The number of nitrogens with zero attached hydrogens (tertiary/aromatic N) is 2. The Labute approximate surface area is 166 Å². The highest BCUT2D eigenvalue weighted by atomic mass is 16.2. The quantitative estimate of drug-likeness (QED) is 0.750. The van der Waals surface area contributed by atoms with Gasteiger partial charge in [-0.1, -0.05) is 48.5 Å². The molecule has 148 valence electrons. The fourth-order valence-corrected chi connectivity index (χ4v) is 3.36. The third kappa shape index (κ3) is 5.57. The Morgan fingerprint density at radius 2 is 1.50 bits per heavy atom. The van der Waals surface area contributed by atoms with Gasteiger partial charge in [0.2, 0.25) is 0 Å². The molecule has 28 heavy (non-hydrogen) atoms. The summed E-state index contributed by atoms with van der Waals surface area (Å²) in [6, 6.07) is 19.8. The van der Waals surface area contributed by atoms with Crippen molar-refractivity contribution in [1.82, 2.24) is 15.5 Å². The van der Waals surface area contributed by atoms with Gasteiger partial charge in [-0.15, -0.1) is 0 Å². The zero-order valence-electron chi connectivity index (χ0n) is 16.3. The number of anilines is 1. The first-order valence-electron chi connectivity index (χ1n) is 9.79. The smallest absolute Gasteiger partial charge is 0.309 e. The van der Waals surface area contributed by atoms with Crippen LogP contribution in [0.15, 0.2) is 60.7 Å². The van der Waals surface area contributed by atoms with Crippen LogP contribution in [0.3, 0.4) is 0 Å². The third-order valence-electron chi connectivity index (χ3n) is 5.06. The molecular formula is C22H28N4O2. The molecule has 2 N–H and O–H groups in total. The molecule has 0 saturated carbocycles. The molecule has 6 nitrogen and oxygen atoms in total. The zero-order chi connectivity index (χ0) is 19.8. The number of benzene rings is 2. The molecule has 1 unspecified atom stereocenters. The highest BCUT2D eigenvalue weighted by Gasteiger charge is 2.19. The van der Waals surface area contributed by atoms with Crippen molar-refractivity contribution >= 4 is 17.5 Å². The van der Waals surface area contributed by atoms with Gasteiger partial charge in [-0.3, -0.25) is 14.5 Å². The van der Waals surface area contributed by atoms with Crippen LogP contribution >= 0.6 is 0 Å². The van der Waals surface area contributed by atoms with E-state index >= 15 is 0 Å². The van der Waals surface area contributed by atoms with Crippen molar-refractivity contribution in [2.24, 2.45) is 0 Å². The molecule has 2 aromatic rings. The van der Waals surface area contributed by atoms with Crippen LogP contribution in [0.1, 0.15) is 18.5 Å². The second-order valence-electron chi connectivity index (χ2n) is 7.03. The van der Waals surface area contributed by atoms with Crippen molar-refractivity contribution in [3.8, 4) is 0 Å². The number of para-hydroxylation sites is 1. The second-order valence-corrected chi connectivity index (χ2v) is 7.03. The molecule has 3 rings (SSSR count). The summed E-state index contributed by atoms with van der Waals surface area (Å²) in [4.78, 5) is 28.8. The first-order chi connectivity index (χ1) is 13.6. The van der Waals surface area contributed by atoms with Gasteiger partial charge in [0.15, 0.2) is 0 Å². The summed E-state index contributed by atoms with van der Waals surface area (Å²) < 4.78 is 0. The molecule has 6 heteroatoms. The molecule has 1 heterocycles. The Hall–Kier alpha value is -2.86. The Bertz CT molecular complexity index is 759. The molecule has 0 spiro atoms. The molecule has 2 aromatic carbocycles. The van der Waals surface area contributed by atoms with E-state index in [2.05, 4.69) is 44.7 Å². The maximum absolute atomic E-state index is 12.1. The topological polar surface area (TPSA) is 64.7 Å². The van der Waals surface area contributed by atoms with E-state index in [9.17, 15) is 9.59 Å². The molecule has 1 saturated heterocycles. The van der Waals surface area contributed by atoms with Crippen LogP contribution in [0.4, 0.5) is 5.69 Å². The minimum absolute atomic E-state index is 0.203. The van der Waals surface area contributed by atoms with E-state index in [1.165, 1.54) is 5.69 Å². The van der Waals surface area contributed by atoms with Gasteiger partial charge in [0.05, 0.1) is 6.04 Å². The molecule has 1 atom stereocenters. The highest BCUT2D eigenvalue weighted by Crippen LogP contribution is 2.15. The van der Waals surface area contributed by atoms with Crippen molar-refractivity contribution in [1.29, 1.82) is 0 Å². The normalized spacial score (nSPS) is 15.7. The summed E-state index contributed by atoms with van der Waals surface area (Å²) in [5.41, 5.74) is 2.22. The molecular weight excluding hydrogens is 352 g/mol. The van der Waals surface area contributed by atoms with Crippen LogP contribution in [-0.4, -0.2) is 56.0 Å². The monoisotopic (exact) mass is 380 g/mol. The first-order valence-corrected chi connectivity index (χ1v) is 9.79. The zero-order valence-corrected chi connectivity index (χ0v) is 16.3. The Morgan fingerprint density at radius 3 is 2.14 bits per heavy atom. The lowest BCUT2D eigenvalue weighted by atomic mass is 10.1. The number of nitrogens with one attached hydrogen (secondary N) is 2. The third-order valence-corrected chi connectivity index (χ3v) is 5.06. The van der Waals surface area contributed by atoms with Gasteiger partial charge in [-0.25, -0.2) is 0 Å². The van der Waals surface area contributed by atoms with Gasteiger partial charge in [0.25, 0.3) is 0 Å². The minimum Gasteiger partial charge on any atom is -0.369 e. The van der Waals surface area contributed by atoms with E-state index in [-0.39, 0.29) is 6.04 Å². The van der Waals surface area contributed by atoms with Gasteiger partial charge in [-0.05, 0) is 24.6 Å². The SMILES string of the molecule is CC(NC(=O)C(=O)NCCN1CCN(c2ccccc2)CC1)c1ccccc1. The molecule has 1 aliphatic heterocycles. The Balaban J connectivity index is 1.35. The van der Waals surface area contributed by atoms with E-state index in [0.29, 0.717) is 6.54 Å². The van der Waals surface area contributed by atoms with Crippen LogP contribution in [0.2, 0.25) is 0 Å². The number of carbonyl (C=O) groups excluding carboxylic acids is 2. The predicted molar refractivity (Wildman–Crippen MR) is 111 cm³/mol. The predicted octanol–water partition coefficient (Wildman–Crippen LogP) is 1.80. The molecule has 2 amide bonds. The molecule has 0 bridgehead atoms. The molecule has 1 aliphatic rings. The van der Waals surface area contributed by atoms with Crippen LogP contribution in [0.5, 0.6) is 0 Å². The van der Waals surface area contributed by atoms with Crippen molar-refractivity contribution in [2.45, 2.75) is 13.0 Å². The molecule has 1 fully saturated rings. The van der Waals surface area contributed by atoms with E-state index in [0.717, 1.165) is 38.3 Å². The minimum atomic E-state index is -0.592. The fraction of sp³-hybridized carbons (Fsp3) is 0.364. The summed E-state index contributed by atoms with van der Waals surface area (Å²) in [5.74, 6) is -1.17.